The monoisotopic (exact) mass is 269 g/mol. The Morgan fingerprint density at radius 1 is 1.30 bits per heavy atom. The maximum absolute atomic E-state index is 10.9. The molecular formula is C13H11N5O2. The Morgan fingerprint density at radius 3 is 2.65 bits per heavy atom. The fourth-order valence-corrected chi connectivity index (χ4v) is 1.64. The summed E-state index contributed by atoms with van der Waals surface area (Å²) in [5.41, 5.74) is 0.901. The van der Waals surface area contributed by atoms with Crippen LogP contribution in [0.4, 0.5) is 23.0 Å². The summed E-state index contributed by atoms with van der Waals surface area (Å²) in [5, 5.41) is 25.5. The molecular weight excluding hydrogens is 258 g/mol. The highest BCUT2D eigenvalue weighted by Crippen LogP contribution is 2.24. The molecule has 20 heavy (non-hydrogen) atoms. The highest BCUT2D eigenvalue weighted by atomic mass is 16.6. The minimum absolute atomic E-state index is 0.0821. The zero-order valence-electron chi connectivity index (χ0n) is 10.6. The van der Waals surface area contributed by atoms with Crippen molar-refractivity contribution in [3.05, 3.63) is 52.1 Å². The van der Waals surface area contributed by atoms with Crippen molar-refractivity contribution in [1.29, 1.82) is 5.26 Å². The van der Waals surface area contributed by atoms with Crippen LogP contribution in [-0.4, -0.2) is 17.0 Å². The van der Waals surface area contributed by atoms with E-state index in [-0.39, 0.29) is 5.69 Å². The fraction of sp³-hybridized carbons (Fsp3) is 0.0769. The van der Waals surface area contributed by atoms with E-state index in [4.69, 9.17) is 5.26 Å². The second-order valence-electron chi connectivity index (χ2n) is 3.89. The number of nitrogens with one attached hydrogen (secondary N) is 2. The van der Waals surface area contributed by atoms with Crippen molar-refractivity contribution in [2.45, 2.75) is 0 Å². The average molecular weight is 269 g/mol. The van der Waals surface area contributed by atoms with Crippen LogP contribution in [0.15, 0.2) is 36.4 Å². The topological polar surface area (TPSA) is 104 Å². The van der Waals surface area contributed by atoms with Gasteiger partial charge in [-0.25, -0.2) is 4.98 Å². The number of aromatic nitrogens is 1. The lowest BCUT2D eigenvalue weighted by molar-refractivity contribution is -0.384. The summed E-state index contributed by atoms with van der Waals surface area (Å²) in [6, 6.07) is 11.6. The first-order valence-corrected chi connectivity index (χ1v) is 5.74. The molecule has 1 aromatic carbocycles. The zero-order valence-corrected chi connectivity index (χ0v) is 10.6. The van der Waals surface area contributed by atoms with Gasteiger partial charge in [0, 0.05) is 7.05 Å². The smallest absolute Gasteiger partial charge is 0.276 e. The molecule has 2 rings (SSSR count). The number of rotatable bonds is 4. The summed E-state index contributed by atoms with van der Waals surface area (Å²) in [5.74, 6) is 0.669. The molecule has 0 atom stereocenters. The van der Waals surface area contributed by atoms with E-state index in [1.165, 1.54) is 12.1 Å². The second kappa shape index (κ2) is 5.67. The Hall–Kier alpha value is -3.14. The van der Waals surface area contributed by atoms with Crippen molar-refractivity contribution >= 4 is 23.0 Å². The van der Waals surface area contributed by atoms with E-state index in [0.29, 0.717) is 22.9 Å². The Labute approximate surface area is 115 Å². The maximum Gasteiger partial charge on any atom is 0.276 e. The molecule has 0 saturated heterocycles. The van der Waals surface area contributed by atoms with Crippen molar-refractivity contribution in [3.63, 3.8) is 0 Å². The number of nitro groups is 1. The van der Waals surface area contributed by atoms with Gasteiger partial charge in [0.2, 0.25) is 0 Å². The normalized spacial score (nSPS) is 9.60. The van der Waals surface area contributed by atoms with Crippen molar-refractivity contribution in [2.75, 3.05) is 17.7 Å². The van der Waals surface area contributed by atoms with Gasteiger partial charge in [-0.3, -0.25) is 10.1 Å². The quantitative estimate of drug-likeness (QED) is 0.653. The van der Waals surface area contributed by atoms with E-state index in [0.717, 1.165) is 0 Å². The molecule has 100 valence electrons. The van der Waals surface area contributed by atoms with E-state index in [9.17, 15) is 10.1 Å². The van der Waals surface area contributed by atoms with Gasteiger partial charge in [0.15, 0.2) is 0 Å². The predicted molar refractivity (Wildman–Crippen MR) is 74.9 cm³/mol. The SMILES string of the molecule is CNc1cc([N+](=O)[O-])cc(Nc2ccccc2C#N)n1. The molecule has 1 heterocycles. The van der Waals surface area contributed by atoms with E-state index in [2.05, 4.69) is 15.6 Å². The first-order valence-electron chi connectivity index (χ1n) is 5.74. The molecule has 0 amide bonds. The summed E-state index contributed by atoms with van der Waals surface area (Å²) in [6.07, 6.45) is 0. The Kier molecular flexibility index (Phi) is 3.77. The maximum atomic E-state index is 10.9. The lowest BCUT2D eigenvalue weighted by atomic mass is 10.2. The Balaban J connectivity index is 2.40. The van der Waals surface area contributed by atoms with Gasteiger partial charge in [0.05, 0.1) is 28.3 Å². The second-order valence-corrected chi connectivity index (χ2v) is 3.89. The Morgan fingerprint density at radius 2 is 2.00 bits per heavy atom. The molecule has 0 bridgehead atoms. The zero-order chi connectivity index (χ0) is 14.5. The van der Waals surface area contributed by atoms with Crippen LogP contribution >= 0.6 is 0 Å². The van der Waals surface area contributed by atoms with Crippen LogP contribution in [0.25, 0.3) is 0 Å². The molecule has 0 unspecified atom stereocenters. The Bertz CT molecular complexity index is 693. The van der Waals surface area contributed by atoms with Crippen LogP contribution < -0.4 is 10.6 Å². The van der Waals surface area contributed by atoms with Gasteiger partial charge in [-0.05, 0) is 12.1 Å². The van der Waals surface area contributed by atoms with Crippen molar-refractivity contribution in [2.24, 2.45) is 0 Å². The number of para-hydroxylation sites is 1. The highest BCUT2D eigenvalue weighted by molar-refractivity contribution is 5.67. The van der Waals surface area contributed by atoms with Gasteiger partial charge >= 0.3 is 0 Å². The first-order chi connectivity index (χ1) is 9.63. The minimum Gasteiger partial charge on any atom is -0.373 e. The summed E-state index contributed by atoms with van der Waals surface area (Å²) in [4.78, 5) is 14.5. The summed E-state index contributed by atoms with van der Waals surface area (Å²) < 4.78 is 0. The van der Waals surface area contributed by atoms with Crippen LogP contribution in [-0.2, 0) is 0 Å². The third-order valence-corrected chi connectivity index (χ3v) is 2.59. The van der Waals surface area contributed by atoms with Gasteiger partial charge in [0.1, 0.15) is 17.7 Å². The molecule has 0 aliphatic carbocycles. The molecule has 7 nitrogen and oxygen atoms in total. The van der Waals surface area contributed by atoms with Crippen LogP contribution in [0.3, 0.4) is 0 Å². The third kappa shape index (κ3) is 2.81. The summed E-state index contributed by atoms with van der Waals surface area (Å²) in [6.45, 7) is 0. The van der Waals surface area contributed by atoms with Crippen LogP contribution in [0.2, 0.25) is 0 Å². The van der Waals surface area contributed by atoms with E-state index in [1.54, 1.807) is 31.3 Å². The lowest BCUT2D eigenvalue weighted by Crippen LogP contribution is -2.01. The number of nitriles is 1. The van der Waals surface area contributed by atoms with Crippen molar-refractivity contribution in [1.82, 2.24) is 4.98 Å². The molecule has 1 aromatic heterocycles. The largest absolute Gasteiger partial charge is 0.373 e. The molecule has 2 aromatic rings. The van der Waals surface area contributed by atoms with Gasteiger partial charge in [0.25, 0.3) is 5.69 Å². The lowest BCUT2D eigenvalue weighted by Gasteiger charge is -2.08. The van der Waals surface area contributed by atoms with E-state index in [1.807, 2.05) is 6.07 Å². The predicted octanol–water partition coefficient (Wildman–Crippen LogP) is 2.65. The summed E-state index contributed by atoms with van der Waals surface area (Å²) in [7, 11) is 1.62. The highest BCUT2D eigenvalue weighted by Gasteiger charge is 2.11. The number of hydrogen-bond donors (Lipinski definition) is 2. The molecule has 7 heteroatoms. The molecule has 2 N–H and O–H groups in total. The van der Waals surface area contributed by atoms with Gasteiger partial charge in [-0.2, -0.15) is 5.26 Å². The molecule has 0 fully saturated rings. The van der Waals surface area contributed by atoms with Crippen LogP contribution in [0.1, 0.15) is 5.56 Å². The minimum atomic E-state index is -0.496. The molecule has 0 radical (unpaired) electrons. The number of hydrogen-bond acceptors (Lipinski definition) is 6. The molecule has 0 spiro atoms. The average Bonchev–Trinajstić information content (AvgIpc) is 2.47. The van der Waals surface area contributed by atoms with Crippen molar-refractivity contribution < 1.29 is 4.92 Å². The summed E-state index contributed by atoms with van der Waals surface area (Å²) >= 11 is 0. The third-order valence-electron chi connectivity index (χ3n) is 2.59. The first kappa shape index (κ1) is 13.3. The number of anilines is 3. The number of pyridine rings is 1. The standard InChI is InChI=1S/C13H11N5O2/c1-15-12-6-10(18(19)20)7-13(17-12)16-11-5-3-2-4-9(11)8-14/h2-7H,1H3,(H2,15,16,17). The molecule has 0 aliphatic rings. The van der Waals surface area contributed by atoms with Gasteiger partial charge in [-0.1, -0.05) is 12.1 Å². The number of benzene rings is 1. The van der Waals surface area contributed by atoms with Gasteiger partial charge < -0.3 is 10.6 Å². The fourth-order valence-electron chi connectivity index (χ4n) is 1.64. The molecule has 0 saturated carbocycles. The molecule has 0 aliphatic heterocycles. The van der Waals surface area contributed by atoms with Crippen LogP contribution in [0, 0.1) is 21.4 Å². The number of nitrogens with zero attached hydrogens (tertiary/aromatic N) is 3. The van der Waals surface area contributed by atoms with Crippen molar-refractivity contribution in [3.8, 4) is 6.07 Å². The van der Waals surface area contributed by atoms with E-state index < -0.39 is 4.92 Å². The van der Waals surface area contributed by atoms with Crippen LogP contribution in [0.5, 0.6) is 0 Å². The van der Waals surface area contributed by atoms with Gasteiger partial charge in [-0.15, -0.1) is 0 Å². The van der Waals surface area contributed by atoms with E-state index >= 15 is 0 Å².